The normalized spacial score (nSPS) is 15.7. The van der Waals surface area contributed by atoms with Crippen molar-refractivity contribution in [1.82, 2.24) is 15.3 Å². The third kappa shape index (κ3) is 4.49. The third-order valence-electron chi connectivity index (χ3n) is 4.08. The second-order valence-electron chi connectivity index (χ2n) is 5.88. The van der Waals surface area contributed by atoms with E-state index in [4.69, 9.17) is 0 Å². The van der Waals surface area contributed by atoms with Crippen molar-refractivity contribution in [3.05, 3.63) is 54.4 Å². The van der Waals surface area contributed by atoms with Crippen LogP contribution in [0.15, 0.2) is 48.8 Å². The molecule has 1 N–H and O–H groups in total. The van der Waals surface area contributed by atoms with E-state index >= 15 is 0 Å². The first-order valence-corrected chi connectivity index (χ1v) is 8.17. The smallest absolute Gasteiger partial charge is 0.244 e. The number of carbonyl (C=O) groups is 1. The minimum absolute atomic E-state index is 0.0379. The predicted molar refractivity (Wildman–Crippen MR) is 91.5 cm³/mol. The molecule has 0 spiro atoms. The maximum absolute atomic E-state index is 11.9. The summed E-state index contributed by atoms with van der Waals surface area (Å²) in [6.07, 6.45) is 12.7. The molecule has 1 aliphatic rings. The van der Waals surface area contributed by atoms with E-state index in [1.807, 2.05) is 30.3 Å². The molecule has 1 saturated carbocycles. The second kappa shape index (κ2) is 7.68. The quantitative estimate of drug-likeness (QED) is 0.878. The van der Waals surface area contributed by atoms with Crippen LogP contribution in [-0.4, -0.2) is 21.9 Å². The molecule has 2 aromatic rings. The second-order valence-corrected chi connectivity index (χ2v) is 5.88. The van der Waals surface area contributed by atoms with Crippen molar-refractivity contribution < 1.29 is 4.79 Å². The highest BCUT2D eigenvalue weighted by molar-refractivity contribution is 5.91. The Morgan fingerprint density at radius 1 is 1.04 bits per heavy atom. The van der Waals surface area contributed by atoms with Crippen LogP contribution >= 0.6 is 0 Å². The van der Waals surface area contributed by atoms with Crippen molar-refractivity contribution in [3.8, 4) is 11.4 Å². The number of carbonyl (C=O) groups excluding carboxylic acids is 1. The summed E-state index contributed by atoms with van der Waals surface area (Å²) in [4.78, 5) is 20.6. The molecule has 4 nitrogen and oxygen atoms in total. The van der Waals surface area contributed by atoms with E-state index in [2.05, 4.69) is 15.3 Å². The van der Waals surface area contributed by atoms with Crippen LogP contribution in [0.3, 0.4) is 0 Å². The first kappa shape index (κ1) is 15.4. The molecular weight excluding hydrogens is 286 g/mol. The van der Waals surface area contributed by atoms with Crippen molar-refractivity contribution >= 4 is 12.0 Å². The molecule has 0 radical (unpaired) electrons. The third-order valence-corrected chi connectivity index (χ3v) is 4.08. The average molecular weight is 307 g/mol. The van der Waals surface area contributed by atoms with Gasteiger partial charge in [-0.2, -0.15) is 0 Å². The van der Waals surface area contributed by atoms with Crippen LogP contribution in [0.1, 0.15) is 37.7 Å². The van der Waals surface area contributed by atoms with Gasteiger partial charge < -0.3 is 5.32 Å². The molecule has 0 bridgehead atoms. The van der Waals surface area contributed by atoms with Crippen molar-refractivity contribution in [2.45, 2.75) is 38.1 Å². The number of hydrogen-bond donors (Lipinski definition) is 1. The lowest BCUT2D eigenvalue weighted by molar-refractivity contribution is -0.117. The van der Waals surface area contributed by atoms with E-state index in [9.17, 15) is 4.79 Å². The molecule has 0 unspecified atom stereocenters. The zero-order valence-electron chi connectivity index (χ0n) is 13.1. The van der Waals surface area contributed by atoms with Gasteiger partial charge in [-0.3, -0.25) is 4.79 Å². The molecule has 1 aromatic carbocycles. The maximum Gasteiger partial charge on any atom is 0.244 e. The molecule has 3 rings (SSSR count). The number of benzene rings is 1. The van der Waals surface area contributed by atoms with E-state index < -0.39 is 0 Å². The Kier molecular flexibility index (Phi) is 5.14. The zero-order valence-corrected chi connectivity index (χ0v) is 13.1. The van der Waals surface area contributed by atoms with Crippen molar-refractivity contribution in [2.24, 2.45) is 0 Å². The lowest BCUT2D eigenvalue weighted by atomic mass is 9.95. The van der Waals surface area contributed by atoms with Crippen LogP contribution in [0, 0.1) is 0 Å². The van der Waals surface area contributed by atoms with Crippen LogP contribution in [-0.2, 0) is 4.79 Å². The van der Waals surface area contributed by atoms with Crippen LogP contribution in [0.2, 0.25) is 0 Å². The molecular formula is C19H21N3O. The summed E-state index contributed by atoms with van der Waals surface area (Å²) >= 11 is 0. The molecule has 1 aliphatic carbocycles. The summed E-state index contributed by atoms with van der Waals surface area (Å²) in [6, 6.07) is 10.2. The standard InChI is InChI=1S/C19H21N3O/c23-18(22-17-9-5-2-6-10-17)12-11-15-13-20-19(21-14-15)16-7-3-1-4-8-16/h1,3-4,7-8,11-14,17H,2,5-6,9-10H2,(H,22,23)/b12-11+. The van der Waals surface area contributed by atoms with Crippen molar-refractivity contribution in [2.75, 3.05) is 0 Å². The first-order valence-electron chi connectivity index (χ1n) is 8.17. The highest BCUT2D eigenvalue weighted by atomic mass is 16.1. The van der Waals surface area contributed by atoms with Crippen LogP contribution in [0.4, 0.5) is 0 Å². The van der Waals surface area contributed by atoms with Gasteiger partial charge in [0.1, 0.15) is 0 Å². The van der Waals surface area contributed by atoms with Gasteiger partial charge in [0.15, 0.2) is 5.82 Å². The maximum atomic E-state index is 11.9. The van der Waals surface area contributed by atoms with Gasteiger partial charge in [-0.15, -0.1) is 0 Å². The van der Waals surface area contributed by atoms with Gasteiger partial charge in [0.2, 0.25) is 5.91 Å². The van der Waals surface area contributed by atoms with Crippen LogP contribution in [0.25, 0.3) is 17.5 Å². The van der Waals surface area contributed by atoms with E-state index in [0.29, 0.717) is 11.9 Å². The van der Waals surface area contributed by atoms with Crippen LogP contribution < -0.4 is 5.32 Å². The van der Waals surface area contributed by atoms with Gasteiger partial charge in [0.25, 0.3) is 0 Å². The minimum atomic E-state index is -0.0379. The monoisotopic (exact) mass is 307 g/mol. The van der Waals surface area contributed by atoms with Crippen molar-refractivity contribution in [1.29, 1.82) is 0 Å². The van der Waals surface area contributed by atoms with E-state index in [0.717, 1.165) is 24.0 Å². The summed E-state index contributed by atoms with van der Waals surface area (Å²) in [5.41, 5.74) is 1.81. The number of rotatable bonds is 4. The largest absolute Gasteiger partial charge is 0.350 e. The predicted octanol–water partition coefficient (Wildman–Crippen LogP) is 3.61. The topological polar surface area (TPSA) is 54.9 Å². The number of hydrogen-bond acceptors (Lipinski definition) is 3. The minimum Gasteiger partial charge on any atom is -0.350 e. The summed E-state index contributed by atoms with van der Waals surface area (Å²) < 4.78 is 0. The molecule has 1 heterocycles. The Bertz CT molecular complexity index is 659. The summed E-state index contributed by atoms with van der Waals surface area (Å²) in [6.45, 7) is 0. The van der Waals surface area contributed by atoms with E-state index in [1.54, 1.807) is 24.5 Å². The Morgan fingerprint density at radius 2 is 1.74 bits per heavy atom. The molecule has 118 valence electrons. The van der Waals surface area contributed by atoms with Gasteiger partial charge in [0.05, 0.1) is 0 Å². The van der Waals surface area contributed by atoms with Gasteiger partial charge in [-0.05, 0) is 18.9 Å². The van der Waals surface area contributed by atoms with Gasteiger partial charge in [-0.1, -0.05) is 49.6 Å². The highest BCUT2D eigenvalue weighted by Crippen LogP contribution is 2.17. The fourth-order valence-electron chi connectivity index (χ4n) is 2.83. The molecule has 4 heteroatoms. The lowest BCUT2D eigenvalue weighted by Gasteiger charge is -2.21. The molecule has 0 aliphatic heterocycles. The summed E-state index contributed by atoms with van der Waals surface area (Å²) in [5.74, 6) is 0.651. The van der Waals surface area contributed by atoms with E-state index in [1.165, 1.54) is 19.3 Å². The molecule has 1 amide bonds. The number of amides is 1. The Hall–Kier alpha value is -2.49. The number of nitrogens with one attached hydrogen (secondary N) is 1. The summed E-state index contributed by atoms with van der Waals surface area (Å²) in [7, 11) is 0. The summed E-state index contributed by atoms with van der Waals surface area (Å²) in [5, 5.41) is 3.06. The highest BCUT2D eigenvalue weighted by Gasteiger charge is 2.14. The Balaban J connectivity index is 1.58. The van der Waals surface area contributed by atoms with Crippen LogP contribution in [0.5, 0.6) is 0 Å². The van der Waals surface area contributed by atoms with Gasteiger partial charge in [0, 0.05) is 35.6 Å². The number of nitrogens with zero attached hydrogens (tertiary/aromatic N) is 2. The fraction of sp³-hybridized carbons (Fsp3) is 0.316. The Morgan fingerprint density at radius 3 is 2.43 bits per heavy atom. The molecule has 0 atom stereocenters. The van der Waals surface area contributed by atoms with Crippen molar-refractivity contribution in [3.63, 3.8) is 0 Å². The Labute approximate surface area is 136 Å². The van der Waals surface area contributed by atoms with Gasteiger partial charge >= 0.3 is 0 Å². The zero-order chi connectivity index (χ0) is 15.9. The molecule has 0 saturated heterocycles. The average Bonchev–Trinajstić information content (AvgIpc) is 2.62. The molecule has 1 aromatic heterocycles. The number of aromatic nitrogens is 2. The fourth-order valence-corrected chi connectivity index (χ4v) is 2.83. The SMILES string of the molecule is O=C(/C=C/c1cnc(-c2ccccc2)nc1)NC1CCCCC1. The van der Waals surface area contributed by atoms with Gasteiger partial charge in [-0.25, -0.2) is 9.97 Å². The molecule has 1 fully saturated rings. The first-order chi connectivity index (χ1) is 11.3. The van der Waals surface area contributed by atoms with E-state index in [-0.39, 0.29) is 5.91 Å². The molecule has 23 heavy (non-hydrogen) atoms. The lowest BCUT2D eigenvalue weighted by Crippen LogP contribution is -2.34.